The summed E-state index contributed by atoms with van der Waals surface area (Å²) in [6, 6.07) is 16.1. The Kier molecular flexibility index (Phi) is 8.15. The number of carbonyl (C=O) groups excluding carboxylic acids is 3. The second kappa shape index (κ2) is 11.5. The number of methoxy groups -OCH3 is 1. The number of carbonyl (C=O) groups is 3. The first-order valence-electron chi connectivity index (χ1n) is 11.1. The van der Waals surface area contributed by atoms with Gasteiger partial charge in [-0.15, -0.1) is 0 Å². The Bertz CT molecular complexity index is 1410. The molecule has 37 heavy (non-hydrogen) atoms. The summed E-state index contributed by atoms with van der Waals surface area (Å²) in [4.78, 5) is 38.7. The molecule has 0 radical (unpaired) electrons. The van der Waals surface area contributed by atoms with Crippen molar-refractivity contribution in [1.82, 2.24) is 4.90 Å². The Balaban J connectivity index is 1.42. The van der Waals surface area contributed by atoms with Crippen LogP contribution in [0.3, 0.4) is 0 Å². The summed E-state index contributed by atoms with van der Waals surface area (Å²) in [6.07, 6.45) is 1.55. The summed E-state index contributed by atoms with van der Waals surface area (Å²) < 4.78 is 25.0. The van der Waals surface area contributed by atoms with E-state index in [1.54, 1.807) is 54.6 Å². The number of nitrogens with one attached hydrogen (secondary N) is 1. The van der Waals surface area contributed by atoms with Crippen molar-refractivity contribution in [2.24, 2.45) is 0 Å². The second-order valence-corrected chi connectivity index (χ2v) is 9.47. The van der Waals surface area contributed by atoms with Gasteiger partial charge in [0.2, 0.25) is 0 Å². The van der Waals surface area contributed by atoms with Crippen molar-refractivity contribution in [3.05, 3.63) is 93.1 Å². The Morgan fingerprint density at radius 1 is 1.11 bits per heavy atom. The fraction of sp³-hybridized carbons (Fsp3) is 0.148. The first-order valence-corrected chi connectivity index (χ1v) is 12.3. The molecular formula is C27H22ClFN2O5S. The number of hydrogen-bond acceptors (Lipinski definition) is 6. The van der Waals surface area contributed by atoms with Crippen LogP contribution in [-0.2, 0) is 16.1 Å². The lowest BCUT2D eigenvalue weighted by molar-refractivity contribution is -0.123. The third-order valence-corrected chi connectivity index (χ3v) is 6.77. The van der Waals surface area contributed by atoms with Crippen LogP contribution in [0.4, 0.5) is 14.9 Å². The zero-order valence-corrected chi connectivity index (χ0v) is 21.5. The van der Waals surface area contributed by atoms with Crippen molar-refractivity contribution < 1.29 is 28.2 Å². The molecule has 4 rings (SSSR count). The Morgan fingerprint density at radius 2 is 1.89 bits per heavy atom. The number of benzene rings is 3. The third-order valence-electron chi connectivity index (χ3n) is 5.46. The van der Waals surface area contributed by atoms with Gasteiger partial charge in [0.15, 0.2) is 18.1 Å². The maximum atomic E-state index is 14.0. The monoisotopic (exact) mass is 540 g/mol. The molecule has 3 amide bonds. The highest BCUT2D eigenvalue weighted by Crippen LogP contribution is 2.35. The quantitative estimate of drug-likeness (QED) is 0.350. The van der Waals surface area contributed by atoms with E-state index in [0.717, 1.165) is 22.2 Å². The van der Waals surface area contributed by atoms with Gasteiger partial charge in [-0.25, -0.2) is 4.39 Å². The van der Waals surface area contributed by atoms with Gasteiger partial charge in [0.1, 0.15) is 5.82 Å². The second-order valence-electron chi connectivity index (χ2n) is 8.07. The van der Waals surface area contributed by atoms with Crippen LogP contribution in [0.5, 0.6) is 11.5 Å². The minimum atomic E-state index is -0.509. The molecule has 3 aromatic rings. The predicted octanol–water partition coefficient (Wildman–Crippen LogP) is 6.05. The van der Waals surface area contributed by atoms with E-state index >= 15 is 0 Å². The van der Waals surface area contributed by atoms with Crippen LogP contribution in [-0.4, -0.2) is 35.7 Å². The van der Waals surface area contributed by atoms with Crippen molar-refractivity contribution >= 4 is 52.2 Å². The average molecular weight is 541 g/mol. The number of imide groups is 1. The number of thioether (sulfide) groups is 1. The summed E-state index contributed by atoms with van der Waals surface area (Å²) >= 11 is 6.87. The SMILES string of the molecule is COc1cc(/C=C2\SC(=O)N(Cc3ccccc3F)C2=O)ccc1OCC(=O)Nc1ccc(C)c(Cl)c1. The van der Waals surface area contributed by atoms with E-state index in [1.165, 1.54) is 19.2 Å². The fourth-order valence-electron chi connectivity index (χ4n) is 3.49. The Morgan fingerprint density at radius 3 is 2.62 bits per heavy atom. The van der Waals surface area contributed by atoms with Gasteiger partial charge in [-0.3, -0.25) is 19.3 Å². The number of nitrogens with zero attached hydrogens (tertiary/aromatic N) is 1. The molecule has 1 heterocycles. The van der Waals surface area contributed by atoms with Gasteiger partial charge in [0, 0.05) is 16.3 Å². The standard InChI is InChI=1S/C27H22ClFN2O5S/c1-16-7-9-19(13-20(16)28)30-25(32)15-36-22-10-8-17(11-23(22)35-2)12-24-26(33)31(27(34)37-24)14-18-5-3-4-6-21(18)29/h3-13H,14-15H2,1-2H3,(H,30,32)/b24-12-. The predicted molar refractivity (Wildman–Crippen MR) is 141 cm³/mol. The van der Waals surface area contributed by atoms with Crippen LogP contribution in [0.2, 0.25) is 5.02 Å². The van der Waals surface area contributed by atoms with Gasteiger partial charge in [-0.1, -0.05) is 41.9 Å². The molecule has 1 aliphatic heterocycles. The molecule has 0 saturated carbocycles. The molecule has 10 heteroatoms. The minimum absolute atomic E-state index is 0.151. The number of rotatable bonds is 8. The van der Waals surface area contributed by atoms with Crippen molar-refractivity contribution in [2.75, 3.05) is 19.0 Å². The van der Waals surface area contributed by atoms with Gasteiger partial charge in [0.25, 0.3) is 17.1 Å². The molecule has 0 aliphatic carbocycles. The molecule has 1 aliphatic rings. The largest absolute Gasteiger partial charge is 0.493 e. The zero-order valence-electron chi connectivity index (χ0n) is 19.9. The lowest BCUT2D eigenvalue weighted by atomic mass is 10.1. The van der Waals surface area contributed by atoms with Gasteiger partial charge in [0.05, 0.1) is 18.6 Å². The van der Waals surface area contributed by atoms with E-state index in [-0.39, 0.29) is 29.5 Å². The average Bonchev–Trinajstić information content (AvgIpc) is 3.13. The molecule has 3 aromatic carbocycles. The van der Waals surface area contributed by atoms with Crippen LogP contribution in [0, 0.1) is 12.7 Å². The van der Waals surface area contributed by atoms with Crippen LogP contribution in [0.15, 0.2) is 65.6 Å². The topological polar surface area (TPSA) is 84.9 Å². The van der Waals surface area contributed by atoms with Gasteiger partial charge in [-0.2, -0.15) is 0 Å². The van der Waals surface area contributed by atoms with Crippen LogP contribution >= 0.6 is 23.4 Å². The number of aryl methyl sites for hydroxylation is 1. The van der Waals surface area contributed by atoms with E-state index in [2.05, 4.69) is 5.32 Å². The molecule has 0 spiro atoms. The molecule has 1 N–H and O–H groups in total. The minimum Gasteiger partial charge on any atom is -0.493 e. The third kappa shape index (κ3) is 6.31. The first-order chi connectivity index (χ1) is 17.7. The van der Waals surface area contributed by atoms with E-state index < -0.39 is 17.0 Å². The maximum Gasteiger partial charge on any atom is 0.293 e. The van der Waals surface area contributed by atoms with E-state index in [1.807, 2.05) is 6.92 Å². The zero-order chi connectivity index (χ0) is 26.5. The molecule has 1 saturated heterocycles. The number of hydrogen-bond donors (Lipinski definition) is 1. The highest BCUT2D eigenvalue weighted by atomic mass is 35.5. The maximum absolute atomic E-state index is 14.0. The summed E-state index contributed by atoms with van der Waals surface area (Å²) in [6.45, 7) is 1.45. The fourth-order valence-corrected chi connectivity index (χ4v) is 4.51. The van der Waals surface area contributed by atoms with E-state index in [0.29, 0.717) is 27.8 Å². The molecule has 0 unspecified atom stereocenters. The molecule has 1 fully saturated rings. The number of ether oxygens (including phenoxy) is 2. The summed E-state index contributed by atoms with van der Waals surface area (Å²) in [5, 5.41) is 2.78. The van der Waals surface area contributed by atoms with E-state index in [4.69, 9.17) is 21.1 Å². The molecule has 0 aromatic heterocycles. The van der Waals surface area contributed by atoms with Gasteiger partial charge in [-0.05, 0) is 66.2 Å². The molecular weight excluding hydrogens is 519 g/mol. The normalized spacial score (nSPS) is 14.3. The van der Waals surface area contributed by atoms with Crippen molar-refractivity contribution in [3.8, 4) is 11.5 Å². The van der Waals surface area contributed by atoms with Gasteiger partial charge >= 0.3 is 0 Å². The van der Waals surface area contributed by atoms with Gasteiger partial charge < -0.3 is 14.8 Å². The lowest BCUT2D eigenvalue weighted by Gasteiger charge is -2.13. The first kappa shape index (κ1) is 26.2. The lowest BCUT2D eigenvalue weighted by Crippen LogP contribution is -2.27. The van der Waals surface area contributed by atoms with Crippen LogP contribution in [0.25, 0.3) is 6.08 Å². The summed E-state index contributed by atoms with van der Waals surface area (Å²) in [7, 11) is 1.45. The summed E-state index contributed by atoms with van der Waals surface area (Å²) in [5.74, 6) is -0.711. The Labute approximate surface area is 222 Å². The molecule has 0 atom stereocenters. The smallest absolute Gasteiger partial charge is 0.293 e. The van der Waals surface area contributed by atoms with Crippen molar-refractivity contribution in [1.29, 1.82) is 0 Å². The van der Waals surface area contributed by atoms with E-state index in [9.17, 15) is 18.8 Å². The molecule has 190 valence electrons. The molecule has 7 nitrogen and oxygen atoms in total. The Hall–Kier alpha value is -3.82. The highest BCUT2D eigenvalue weighted by molar-refractivity contribution is 8.18. The summed E-state index contributed by atoms with van der Waals surface area (Å²) in [5.41, 5.74) is 2.29. The molecule has 0 bridgehead atoms. The number of amides is 3. The van der Waals surface area contributed by atoms with Crippen LogP contribution < -0.4 is 14.8 Å². The van der Waals surface area contributed by atoms with Crippen molar-refractivity contribution in [3.63, 3.8) is 0 Å². The number of anilines is 1. The number of halogens is 2. The van der Waals surface area contributed by atoms with Crippen molar-refractivity contribution in [2.45, 2.75) is 13.5 Å². The van der Waals surface area contributed by atoms with Crippen LogP contribution in [0.1, 0.15) is 16.7 Å². The highest BCUT2D eigenvalue weighted by Gasteiger charge is 2.35.